The average molecular weight is 300 g/mol. The first-order chi connectivity index (χ1) is 10.6. The lowest BCUT2D eigenvalue weighted by Gasteiger charge is -2.43. The first kappa shape index (κ1) is 15.9. The van der Waals surface area contributed by atoms with Gasteiger partial charge in [0.15, 0.2) is 0 Å². The van der Waals surface area contributed by atoms with Crippen LogP contribution in [0.2, 0.25) is 0 Å². The molecule has 2 nitrogen and oxygen atoms in total. The molecule has 1 saturated heterocycles. The number of hydrogen-bond acceptors (Lipinski definition) is 2. The molecule has 0 spiro atoms. The highest BCUT2D eigenvalue weighted by Gasteiger charge is 2.30. The largest absolute Gasteiger partial charge is 0.369 e. The molecule has 22 heavy (non-hydrogen) atoms. The van der Waals surface area contributed by atoms with Crippen molar-refractivity contribution in [3.05, 3.63) is 29.8 Å². The Morgan fingerprint density at radius 3 is 2.27 bits per heavy atom. The lowest BCUT2D eigenvalue weighted by molar-refractivity contribution is 0.108. The van der Waals surface area contributed by atoms with E-state index in [2.05, 4.69) is 54.8 Å². The van der Waals surface area contributed by atoms with E-state index in [1.54, 1.807) is 0 Å². The molecule has 122 valence electrons. The van der Waals surface area contributed by atoms with Gasteiger partial charge >= 0.3 is 0 Å². The summed E-state index contributed by atoms with van der Waals surface area (Å²) in [7, 11) is 0. The van der Waals surface area contributed by atoms with Crippen molar-refractivity contribution < 1.29 is 0 Å². The van der Waals surface area contributed by atoms with Gasteiger partial charge in [-0.1, -0.05) is 44.4 Å². The summed E-state index contributed by atoms with van der Waals surface area (Å²) >= 11 is 0. The first-order valence-corrected chi connectivity index (χ1v) is 9.19. The third kappa shape index (κ3) is 3.65. The van der Waals surface area contributed by atoms with Crippen LogP contribution in [0.1, 0.15) is 45.1 Å². The molecule has 2 unspecified atom stereocenters. The van der Waals surface area contributed by atoms with Crippen LogP contribution in [0.15, 0.2) is 24.3 Å². The number of rotatable bonds is 3. The van der Waals surface area contributed by atoms with Gasteiger partial charge in [0, 0.05) is 37.9 Å². The summed E-state index contributed by atoms with van der Waals surface area (Å²) in [4.78, 5) is 5.33. The Kier molecular flexibility index (Phi) is 5.07. The Morgan fingerprint density at radius 1 is 0.955 bits per heavy atom. The molecule has 0 N–H and O–H groups in total. The number of piperazine rings is 1. The van der Waals surface area contributed by atoms with Crippen LogP contribution in [0.3, 0.4) is 0 Å². The van der Waals surface area contributed by atoms with Gasteiger partial charge in [0.2, 0.25) is 0 Å². The Labute approximate surface area is 136 Å². The predicted molar refractivity (Wildman–Crippen MR) is 95.5 cm³/mol. The minimum atomic E-state index is 0.848. The van der Waals surface area contributed by atoms with E-state index >= 15 is 0 Å². The van der Waals surface area contributed by atoms with E-state index in [-0.39, 0.29) is 0 Å². The Balaban J connectivity index is 1.54. The lowest BCUT2D eigenvalue weighted by Crippen LogP contribution is -2.51. The van der Waals surface area contributed by atoms with E-state index in [4.69, 9.17) is 0 Å². The van der Waals surface area contributed by atoms with Crippen LogP contribution in [-0.4, -0.2) is 37.1 Å². The minimum absolute atomic E-state index is 0.848. The van der Waals surface area contributed by atoms with Gasteiger partial charge in [-0.05, 0) is 43.7 Å². The van der Waals surface area contributed by atoms with E-state index in [1.807, 2.05) is 0 Å². The van der Waals surface area contributed by atoms with E-state index < -0.39 is 0 Å². The molecule has 1 aromatic carbocycles. The molecule has 2 heteroatoms. The molecule has 1 aliphatic heterocycles. The molecule has 0 bridgehead atoms. The molecule has 2 aliphatic rings. The van der Waals surface area contributed by atoms with Crippen LogP contribution in [-0.2, 0) is 0 Å². The fraction of sp³-hybridized carbons (Fsp3) is 0.700. The molecule has 0 aromatic heterocycles. The Morgan fingerprint density at radius 2 is 1.64 bits per heavy atom. The zero-order chi connectivity index (χ0) is 15.5. The van der Waals surface area contributed by atoms with Crippen LogP contribution >= 0.6 is 0 Å². The molecule has 3 rings (SSSR count). The number of hydrogen-bond donors (Lipinski definition) is 0. The Hall–Kier alpha value is -1.02. The van der Waals surface area contributed by atoms with Crippen molar-refractivity contribution in [2.75, 3.05) is 31.1 Å². The molecular weight excluding hydrogens is 268 g/mol. The number of benzene rings is 1. The van der Waals surface area contributed by atoms with Crippen LogP contribution < -0.4 is 4.90 Å². The molecule has 2 fully saturated rings. The first-order valence-electron chi connectivity index (χ1n) is 9.19. The van der Waals surface area contributed by atoms with Crippen molar-refractivity contribution in [3.8, 4) is 0 Å². The highest BCUT2D eigenvalue weighted by Crippen LogP contribution is 2.33. The van der Waals surface area contributed by atoms with Gasteiger partial charge in [-0.15, -0.1) is 0 Å². The minimum Gasteiger partial charge on any atom is -0.369 e. The third-order valence-electron chi connectivity index (χ3n) is 5.86. The van der Waals surface area contributed by atoms with Crippen LogP contribution in [0.5, 0.6) is 0 Å². The standard InChI is InChI=1S/C20H32N2/c1-16(2)18-5-4-6-20(15-18)22-13-11-21(12-14-22)19-9-7-17(3)8-10-19/h7-10,16,18,20H,4-6,11-15H2,1-3H3. The number of anilines is 1. The monoisotopic (exact) mass is 300 g/mol. The third-order valence-corrected chi connectivity index (χ3v) is 5.86. The van der Waals surface area contributed by atoms with Crippen LogP contribution in [0.4, 0.5) is 5.69 Å². The van der Waals surface area contributed by atoms with Crippen LogP contribution in [0, 0.1) is 18.8 Å². The maximum atomic E-state index is 2.78. The van der Waals surface area contributed by atoms with Crippen molar-refractivity contribution in [1.29, 1.82) is 0 Å². The number of aryl methyl sites for hydroxylation is 1. The quantitative estimate of drug-likeness (QED) is 0.819. The van der Waals surface area contributed by atoms with Crippen molar-refractivity contribution >= 4 is 5.69 Å². The maximum Gasteiger partial charge on any atom is 0.0367 e. The highest BCUT2D eigenvalue weighted by atomic mass is 15.3. The average Bonchev–Trinajstić information content (AvgIpc) is 2.56. The fourth-order valence-corrected chi connectivity index (χ4v) is 4.24. The summed E-state index contributed by atoms with van der Waals surface area (Å²) in [5, 5.41) is 0. The molecule has 1 aliphatic carbocycles. The van der Waals surface area contributed by atoms with Gasteiger partial charge in [0.05, 0.1) is 0 Å². The zero-order valence-electron chi connectivity index (χ0n) is 14.6. The normalized spacial score (nSPS) is 27.4. The molecule has 2 atom stereocenters. The molecule has 0 amide bonds. The molecular formula is C20H32N2. The summed E-state index contributed by atoms with van der Waals surface area (Å²) in [6, 6.07) is 9.87. The molecule has 1 aromatic rings. The predicted octanol–water partition coefficient (Wildman–Crippen LogP) is 4.33. The van der Waals surface area contributed by atoms with Crippen molar-refractivity contribution in [3.63, 3.8) is 0 Å². The second kappa shape index (κ2) is 7.04. The Bertz CT molecular complexity index is 457. The van der Waals surface area contributed by atoms with Crippen LogP contribution in [0.25, 0.3) is 0 Å². The van der Waals surface area contributed by atoms with E-state index in [0.717, 1.165) is 17.9 Å². The number of nitrogens with zero attached hydrogens (tertiary/aromatic N) is 2. The summed E-state index contributed by atoms with van der Waals surface area (Å²) in [6.07, 6.45) is 5.75. The van der Waals surface area contributed by atoms with Gasteiger partial charge in [-0.3, -0.25) is 4.90 Å². The van der Waals surface area contributed by atoms with Gasteiger partial charge in [-0.2, -0.15) is 0 Å². The lowest BCUT2D eigenvalue weighted by atomic mass is 9.78. The van der Waals surface area contributed by atoms with Crippen molar-refractivity contribution in [1.82, 2.24) is 4.90 Å². The van der Waals surface area contributed by atoms with Gasteiger partial charge < -0.3 is 4.90 Å². The van der Waals surface area contributed by atoms with Gasteiger partial charge in [0.25, 0.3) is 0 Å². The van der Waals surface area contributed by atoms with E-state index in [9.17, 15) is 0 Å². The summed E-state index contributed by atoms with van der Waals surface area (Å²) < 4.78 is 0. The maximum absolute atomic E-state index is 2.78. The van der Waals surface area contributed by atoms with Crippen molar-refractivity contribution in [2.45, 2.75) is 52.5 Å². The second-order valence-electron chi connectivity index (χ2n) is 7.68. The molecule has 0 radical (unpaired) electrons. The van der Waals surface area contributed by atoms with E-state index in [1.165, 1.54) is 63.1 Å². The fourth-order valence-electron chi connectivity index (χ4n) is 4.24. The second-order valence-corrected chi connectivity index (χ2v) is 7.68. The molecule has 1 saturated carbocycles. The molecule has 1 heterocycles. The highest BCUT2D eigenvalue weighted by molar-refractivity contribution is 5.47. The summed E-state index contributed by atoms with van der Waals surface area (Å²) in [5.41, 5.74) is 2.75. The summed E-state index contributed by atoms with van der Waals surface area (Å²) in [5.74, 6) is 1.81. The zero-order valence-corrected chi connectivity index (χ0v) is 14.6. The summed E-state index contributed by atoms with van der Waals surface area (Å²) in [6.45, 7) is 11.8. The van der Waals surface area contributed by atoms with Gasteiger partial charge in [-0.25, -0.2) is 0 Å². The van der Waals surface area contributed by atoms with Crippen molar-refractivity contribution in [2.24, 2.45) is 11.8 Å². The van der Waals surface area contributed by atoms with Gasteiger partial charge in [0.1, 0.15) is 0 Å². The van der Waals surface area contributed by atoms with E-state index in [0.29, 0.717) is 0 Å². The smallest absolute Gasteiger partial charge is 0.0367 e. The topological polar surface area (TPSA) is 6.48 Å². The SMILES string of the molecule is Cc1ccc(N2CCN(C3CCCC(C(C)C)C3)CC2)cc1.